The number of halogens is 1. The monoisotopic (exact) mass is 272 g/mol. The minimum absolute atomic E-state index is 0.187. The van der Waals surface area contributed by atoms with Crippen LogP contribution in [0.4, 0.5) is 0 Å². The number of benzene rings is 1. The Kier molecular flexibility index (Phi) is 5.91. The van der Waals surface area contributed by atoms with Crippen LogP contribution in [0.3, 0.4) is 0 Å². The molecule has 0 aliphatic carbocycles. The number of aliphatic hydroxyl groups is 1. The molecular formula is C12H17BrO2. The predicted molar refractivity (Wildman–Crippen MR) is 65.1 cm³/mol. The van der Waals surface area contributed by atoms with Crippen molar-refractivity contribution < 1.29 is 9.84 Å². The zero-order valence-electron chi connectivity index (χ0n) is 8.95. The van der Waals surface area contributed by atoms with Gasteiger partial charge in [0.25, 0.3) is 0 Å². The van der Waals surface area contributed by atoms with Crippen LogP contribution in [0.1, 0.15) is 24.3 Å². The zero-order chi connectivity index (χ0) is 11.1. The van der Waals surface area contributed by atoms with E-state index >= 15 is 0 Å². The third kappa shape index (κ3) is 3.93. The molecule has 0 aromatic heterocycles. The summed E-state index contributed by atoms with van der Waals surface area (Å²) in [7, 11) is 1.70. The van der Waals surface area contributed by atoms with Gasteiger partial charge in [0.15, 0.2) is 0 Å². The number of methoxy groups -OCH3 is 1. The molecule has 1 N–H and O–H groups in total. The standard InChI is InChI=1S/C12H17BrO2/c1-15-8-4-5-10(9-14)11-6-2-3-7-12(11)13/h2-3,6-7,10,14H,4-5,8-9H2,1H3. The lowest BCUT2D eigenvalue weighted by Gasteiger charge is -2.15. The van der Waals surface area contributed by atoms with E-state index in [1.165, 1.54) is 5.56 Å². The first-order chi connectivity index (χ1) is 7.29. The Morgan fingerprint density at radius 1 is 1.40 bits per heavy atom. The van der Waals surface area contributed by atoms with Crippen molar-refractivity contribution in [2.75, 3.05) is 20.3 Å². The van der Waals surface area contributed by atoms with E-state index < -0.39 is 0 Å². The second-order valence-corrected chi connectivity index (χ2v) is 4.39. The van der Waals surface area contributed by atoms with Gasteiger partial charge in [-0.3, -0.25) is 0 Å². The van der Waals surface area contributed by atoms with Crippen molar-refractivity contribution in [2.45, 2.75) is 18.8 Å². The molecule has 1 rings (SSSR count). The summed E-state index contributed by atoms with van der Waals surface area (Å²) in [5.74, 6) is 0.204. The smallest absolute Gasteiger partial charge is 0.0500 e. The Bertz CT molecular complexity index is 289. The van der Waals surface area contributed by atoms with Gasteiger partial charge in [0, 0.05) is 30.7 Å². The van der Waals surface area contributed by atoms with Crippen LogP contribution in [-0.2, 0) is 4.74 Å². The second kappa shape index (κ2) is 6.99. The fourth-order valence-electron chi connectivity index (χ4n) is 1.63. The molecule has 0 spiro atoms. The summed E-state index contributed by atoms with van der Waals surface area (Å²) in [6, 6.07) is 8.04. The predicted octanol–water partition coefficient (Wildman–Crippen LogP) is 2.95. The SMILES string of the molecule is COCCCC(CO)c1ccccc1Br. The summed E-state index contributed by atoms with van der Waals surface area (Å²) in [6.45, 7) is 0.938. The molecule has 0 amide bonds. The van der Waals surface area contributed by atoms with E-state index in [0.29, 0.717) is 0 Å². The fourth-order valence-corrected chi connectivity index (χ4v) is 2.23. The average molecular weight is 273 g/mol. The number of ether oxygens (including phenoxy) is 1. The van der Waals surface area contributed by atoms with Crippen molar-refractivity contribution in [2.24, 2.45) is 0 Å². The lowest BCUT2D eigenvalue weighted by Crippen LogP contribution is -2.06. The molecule has 0 saturated heterocycles. The summed E-state index contributed by atoms with van der Waals surface area (Å²) in [5.41, 5.74) is 1.18. The first kappa shape index (κ1) is 12.7. The van der Waals surface area contributed by atoms with Crippen molar-refractivity contribution in [1.82, 2.24) is 0 Å². The molecule has 0 fully saturated rings. The molecular weight excluding hydrogens is 256 g/mol. The lowest BCUT2D eigenvalue weighted by atomic mass is 9.95. The van der Waals surface area contributed by atoms with Crippen LogP contribution in [-0.4, -0.2) is 25.4 Å². The highest BCUT2D eigenvalue weighted by Gasteiger charge is 2.12. The number of rotatable bonds is 6. The van der Waals surface area contributed by atoms with Crippen molar-refractivity contribution in [3.63, 3.8) is 0 Å². The molecule has 0 bridgehead atoms. The first-order valence-electron chi connectivity index (χ1n) is 5.13. The molecule has 1 atom stereocenters. The van der Waals surface area contributed by atoms with Gasteiger partial charge in [-0.1, -0.05) is 34.1 Å². The lowest BCUT2D eigenvalue weighted by molar-refractivity contribution is 0.182. The Balaban J connectivity index is 2.61. The van der Waals surface area contributed by atoms with Gasteiger partial charge in [-0.2, -0.15) is 0 Å². The maximum absolute atomic E-state index is 9.34. The summed E-state index contributed by atoms with van der Waals surface area (Å²) in [5, 5.41) is 9.34. The first-order valence-corrected chi connectivity index (χ1v) is 5.93. The van der Waals surface area contributed by atoms with Crippen molar-refractivity contribution >= 4 is 15.9 Å². The quantitative estimate of drug-likeness (QED) is 0.807. The average Bonchev–Trinajstić information content (AvgIpc) is 2.26. The van der Waals surface area contributed by atoms with Gasteiger partial charge in [-0.05, 0) is 24.5 Å². The minimum atomic E-state index is 0.187. The minimum Gasteiger partial charge on any atom is -0.396 e. The maximum Gasteiger partial charge on any atom is 0.0500 e. The Hall–Kier alpha value is -0.380. The molecule has 3 heteroatoms. The van der Waals surface area contributed by atoms with Crippen molar-refractivity contribution in [1.29, 1.82) is 0 Å². The highest BCUT2D eigenvalue weighted by atomic mass is 79.9. The highest BCUT2D eigenvalue weighted by molar-refractivity contribution is 9.10. The van der Waals surface area contributed by atoms with Gasteiger partial charge in [-0.25, -0.2) is 0 Å². The van der Waals surface area contributed by atoms with Crippen LogP contribution < -0.4 is 0 Å². The molecule has 0 aliphatic rings. The van der Waals surface area contributed by atoms with Crippen LogP contribution in [0.25, 0.3) is 0 Å². The molecule has 15 heavy (non-hydrogen) atoms. The molecule has 0 saturated carbocycles. The van der Waals surface area contributed by atoms with E-state index in [0.717, 1.165) is 23.9 Å². The topological polar surface area (TPSA) is 29.5 Å². The largest absolute Gasteiger partial charge is 0.396 e. The van der Waals surface area contributed by atoms with Crippen LogP contribution in [0, 0.1) is 0 Å². The van der Waals surface area contributed by atoms with E-state index in [-0.39, 0.29) is 12.5 Å². The number of hydrogen-bond donors (Lipinski definition) is 1. The summed E-state index contributed by atoms with van der Waals surface area (Å²) >= 11 is 3.50. The summed E-state index contributed by atoms with van der Waals surface area (Å²) in [4.78, 5) is 0. The Labute approximate surface area is 99.4 Å². The van der Waals surface area contributed by atoms with Gasteiger partial charge in [-0.15, -0.1) is 0 Å². The van der Waals surface area contributed by atoms with Crippen LogP contribution >= 0.6 is 15.9 Å². The third-order valence-corrected chi connectivity index (χ3v) is 3.19. The van der Waals surface area contributed by atoms with Crippen molar-refractivity contribution in [3.8, 4) is 0 Å². The van der Waals surface area contributed by atoms with Gasteiger partial charge in [0.1, 0.15) is 0 Å². The van der Waals surface area contributed by atoms with E-state index in [2.05, 4.69) is 22.0 Å². The van der Waals surface area contributed by atoms with Gasteiger partial charge >= 0.3 is 0 Å². The van der Waals surface area contributed by atoms with Crippen LogP contribution in [0.2, 0.25) is 0 Å². The Morgan fingerprint density at radius 2 is 2.13 bits per heavy atom. The van der Waals surface area contributed by atoms with E-state index in [1.807, 2.05) is 18.2 Å². The molecule has 0 radical (unpaired) electrons. The van der Waals surface area contributed by atoms with E-state index in [1.54, 1.807) is 7.11 Å². The normalized spacial score (nSPS) is 12.7. The number of hydrogen-bond acceptors (Lipinski definition) is 2. The number of aliphatic hydroxyl groups excluding tert-OH is 1. The Morgan fingerprint density at radius 3 is 2.73 bits per heavy atom. The summed E-state index contributed by atoms with van der Waals surface area (Å²) in [6.07, 6.45) is 1.93. The van der Waals surface area contributed by atoms with Gasteiger partial charge in [0.2, 0.25) is 0 Å². The van der Waals surface area contributed by atoms with E-state index in [4.69, 9.17) is 4.74 Å². The molecule has 1 aromatic carbocycles. The molecule has 84 valence electrons. The third-order valence-electron chi connectivity index (χ3n) is 2.47. The molecule has 1 aromatic rings. The second-order valence-electron chi connectivity index (χ2n) is 3.54. The van der Waals surface area contributed by atoms with Crippen LogP contribution in [0.5, 0.6) is 0 Å². The molecule has 0 aliphatic heterocycles. The van der Waals surface area contributed by atoms with Crippen molar-refractivity contribution in [3.05, 3.63) is 34.3 Å². The zero-order valence-corrected chi connectivity index (χ0v) is 10.5. The highest BCUT2D eigenvalue weighted by Crippen LogP contribution is 2.27. The molecule has 1 unspecified atom stereocenters. The van der Waals surface area contributed by atoms with E-state index in [9.17, 15) is 5.11 Å². The molecule has 0 heterocycles. The summed E-state index contributed by atoms with van der Waals surface area (Å²) < 4.78 is 6.08. The fraction of sp³-hybridized carbons (Fsp3) is 0.500. The van der Waals surface area contributed by atoms with Gasteiger partial charge in [0.05, 0.1) is 0 Å². The maximum atomic E-state index is 9.34. The van der Waals surface area contributed by atoms with Crippen LogP contribution in [0.15, 0.2) is 28.7 Å². The molecule has 2 nitrogen and oxygen atoms in total. The van der Waals surface area contributed by atoms with Gasteiger partial charge < -0.3 is 9.84 Å².